The van der Waals surface area contributed by atoms with Crippen molar-refractivity contribution in [2.45, 2.75) is 58.7 Å². The Morgan fingerprint density at radius 3 is 2.21 bits per heavy atom. The van der Waals surface area contributed by atoms with Gasteiger partial charge in [0.25, 0.3) is 0 Å². The molecular weight excluding hydrogens is 372 g/mol. The van der Waals surface area contributed by atoms with Gasteiger partial charge in [0.1, 0.15) is 6.04 Å². The molecule has 0 saturated carbocycles. The van der Waals surface area contributed by atoms with E-state index in [9.17, 15) is 9.59 Å². The van der Waals surface area contributed by atoms with Gasteiger partial charge in [0.2, 0.25) is 11.8 Å². The molecule has 1 N–H and O–H groups in total. The molecule has 0 aromatic heterocycles. The maximum absolute atomic E-state index is 13.1. The smallest absolute Gasteiger partial charge is 0.243 e. The summed E-state index contributed by atoms with van der Waals surface area (Å²) in [4.78, 5) is 27.6. The molecule has 28 heavy (non-hydrogen) atoms. The Balaban J connectivity index is 2.33. The highest BCUT2D eigenvalue weighted by molar-refractivity contribution is 6.30. The van der Waals surface area contributed by atoms with Crippen molar-refractivity contribution in [1.29, 1.82) is 0 Å². The van der Waals surface area contributed by atoms with E-state index in [4.69, 9.17) is 11.6 Å². The van der Waals surface area contributed by atoms with Crippen LogP contribution in [0.4, 0.5) is 0 Å². The summed E-state index contributed by atoms with van der Waals surface area (Å²) in [7, 11) is 0. The van der Waals surface area contributed by atoms with Crippen LogP contribution in [0.1, 0.15) is 44.7 Å². The van der Waals surface area contributed by atoms with Gasteiger partial charge >= 0.3 is 0 Å². The molecule has 0 aliphatic heterocycles. The number of carbonyl (C=O) groups is 2. The molecule has 0 saturated heterocycles. The summed E-state index contributed by atoms with van der Waals surface area (Å²) in [5.41, 5.74) is 1.97. The second-order valence-electron chi connectivity index (χ2n) is 7.03. The lowest BCUT2D eigenvalue weighted by Gasteiger charge is -2.32. The van der Waals surface area contributed by atoms with Gasteiger partial charge in [-0.3, -0.25) is 9.59 Å². The molecule has 150 valence electrons. The number of halogens is 1. The largest absolute Gasteiger partial charge is 0.352 e. The van der Waals surface area contributed by atoms with Crippen molar-refractivity contribution < 1.29 is 9.59 Å². The van der Waals surface area contributed by atoms with Gasteiger partial charge in [0.05, 0.1) is 0 Å². The number of benzene rings is 2. The first-order chi connectivity index (χ1) is 13.4. The van der Waals surface area contributed by atoms with E-state index in [2.05, 4.69) is 5.32 Å². The number of nitrogens with one attached hydrogen (secondary N) is 1. The molecule has 2 aromatic carbocycles. The van der Waals surface area contributed by atoms with Gasteiger partial charge in [0, 0.05) is 30.5 Å². The lowest BCUT2D eigenvalue weighted by Crippen LogP contribution is -2.52. The minimum absolute atomic E-state index is 0.0461. The standard InChI is InChI=1S/C23H29ClN2O2/c1-4-17(3)25-23(28)21(15-18-9-7-6-8-10-18)26(22(27)5-2)16-19-11-13-20(24)14-12-19/h6-14,17,21H,4-5,15-16H2,1-3H3,(H,25,28)/t17-,21+/m0/s1. The highest BCUT2D eigenvalue weighted by Crippen LogP contribution is 2.17. The molecule has 0 fully saturated rings. The van der Waals surface area contributed by atoms with Crippen LogP contribution in [0.3, 0.4) is 0 Å². The second-order valence-corrected chi connectivity index (χ2v) is 7.46. The summed E-state index contributed by atoms with van der Waals surface area (Å²) in [5, 5.41) is 3.70. The van der Waals surface area contributed by atoms with Gasteiger partial charge in [-0.15, -0.1) is 0 Å². The number of rotatable bonds is 9. The van der Waals surface area contributed by atoms with Crippen LogP contribution in [-0.4, -0.2) is 28.8 Å². The van der Waals surface area contributed by atoms with Crippen LogP contribution in [0, 0.1) is 0 Å². The number of carbonyl (C=O) groups excluding carboxylic acids is 2. The van der Waals surface area contributed by atoms with E-state index < -0.39 is 6.04 Å². The van der Waals surface area contributed by atoms with Crippen LogP contribution in [-0.2, 0) is 22.6 Å². The molecule has 0 radical (unpaired) electrons. The van der Waals surface area contributed by atoms with E-state index in [0.29, 0.717) is 24.4 Å². The zero-order chi connectivity index (χ0) is 20.5. The maximum atomic E-state index is 13.1. The Morgan fingerprint density at radius 2 is 1.64 bits per heavy atom. The van der Waals surface area contributed by atoms with Crippen molar-refractivity contribution in [3.05, 3.63) is 70.7 Å². The van der Waals surface area contributed by atoms with Crippen molar-refractivity contribution >= 4 is 23.4 Å². The molecule has 0 spiro atoms. The first-order valence-corrected chi connectivity index (χ1v) is 10.2. The first-order valence-electron chi connectivity index (χ1n) is 9.82. The third-order valence-corrected chi connectivity index (χ3v) is 5.09. The molecule has 5 heteroatoms. The van der Waals surface area contributed by atoms with E-state index in [1.54, 1.807) is 17.0 Å². The third kappa shape index (κ3) is 6.38. The van der Waals surface area contributed by atoms with E-state index in [1.807, 2.05) is 63.2 Å². The summed E-state index contributed by atoms with van der Waals surface area (Å²) in [6.07, 6.45) is 1.65. The molecule has 2 rings (SSSR count). The van der Waals surface area contributed by atoms with Gasteiger partial charge in [-0.1, -0.05) is 67.9 Å². The van der Waals surface area contributed by atoms with Crippen molar-refractivity contribution in [1.82, 2.24) is 10.2 Å². The topological polar surface area (TPSA) is 49.4 Å². The Hall–Kier alpha value is -2.33. The van der Waals surface area contributed by atoms with E-state index in [-0.39, 0.29) is 17.9 Å². The SMILES string of the molecule is CCC(=O)N(Cc1ccc(Cl)cc1)[C@H](Cc1ccccc1)C(=O)N[C@@H](C)CC. The van der Waals surface area contributed by atoms with Gasteiger partial charge < -0.3 is 10.2 Å². The molecular formula is C23H29ClN2O2. The Morgan fingerprint density at radius 1 is 1.00 bits per heavy atom. The molecule has 0 bridgehead atoms. The second kappa shape index (κ2) is 10.9. The van der Waals surface area contributed by atoms with Crippen LogP contribution in [0.15, 0.2) is 54.6 Å². The van der Waals surface area contributed by atoms with Crippen LogP contribution >= 0.6 is 11.6 Å². The lowest BCUT2D eigenvalue weighted by molar-refractivity contribution is -0.141. The van der Waals surface area contributed by atoms with Crippen molar-refractivity contribution in [2.24, 2.45) is 0 Å². The minimum atomic E-state index is -0.570. The van der Waals surface area contributed by atoms with Gasteiger partial charge in [-0.25, -0.2) is 0 Å². The average molecular weight is 401 g/mol. The monoisotopic (exact) mass is 400 g/mol. The van der Waals surface area contributed by atoms with Crippen LogP contribution < -0.4 is 5.32 Å². The summed E-state index contributed by atoms with van der Waals surface area (Å²) in [6, 6.07) is 16.7. The summed E-state index contributed by atoms with van der Waals surface area (Å²) >= 11 is 5.99. The zero-order valence-electron chi connectivity index (χ0n) is 16.8. The fourth-order valence-electron chi connectivity index (χ4n) is 2.98. The van der Waals surface area contributed by atoms with Crippen molar-refractivity contribution in [3.63, 3.8) is 0 Å². The van der Waals surface area contributed by atoms with Crippen LogP contribution in [0.5, 0.6) is 0 Å². The highest BCUT2D eigenvalue weighted by atomic mass is 35.5. The normalized spacial score (nSPS) is 12.9. The molecule has 0 aliphatic rings. The summed E-state index contributed by atoms with van der Waals surface area (Å²) < 4.78 is 0. The predicted molar refractivity (Wildman–Crippen MR) is 114 cm³/mol. The highest BCUT2D eigenvalue weighted by Gasteiger charge is 2.30. The van der Waals surface area contributed by atoms with Gasteiger partial charge in [-0.2, -0.15) is 0 Å². The maximum Gasteiger partial charge on any atom is 0.243 e. The van der Waals surface area contributed by atoms with Gasteiger partial charge in [-0.05, 0) is 36.6 Å². The zero-order valence-corrected chi connectivity index (χ0v) is 17.6. The molecule has 0 unspecified atom stereocenters. The Kier molecular flexibility index (Phi) is 8.52. The van der Waals surface area contributed by atoms with Crippen molar-refractivity contribution in [3.8, 4) is 0 Å². The molecule has 2 aromatic rings. The fraction of sp³-hybridized carbons (Fsp3) is 0.391. The number of hydrogen-bond acceptors (Lipinski definition) is 2. The molecule has 2 atom stereocenters. The fourth-order valence-corrected chi connectivity index (χ4v) is 3.11. The van der Waals surface area contributed by atoms with Crippen LogP contribution in [0.2, 0.25) is 5.02 Å². The molecule has 0 aliphatic carbocycles. The predicted octanol–water partition coefficient (Wildman–Crippen LogP) is 4.60. The van der Waals surface area contributed by atoms with Crippen LogP contribution in [0.25, 0.3) is 0 Å². The number of hydrogen-bond donors (Lipinski definition) is 1. The summed E-state index contributed by atoms with van der Waals surface area (Å²) in [5.74, 6) is -0.163. The van der Waals surface area contributed by atoms with Gasteiger partial charge in [0.15, 0.2) is 0 Å². The first kappa shape index (κ1) is 22.0. The Labute approximate surface area is 172 Å². The van der Waals surface area contributed by atoms with E-state index in [1.165, 1.54) is 0 Å². The molecule has 4 nitrogen and oxygen atoms in total. The minimum Gasteiger partial charge on any atom is -0.352 e. The number of amides is 2. The summed E-state index contributed by atoms with van der Waals surface area (Å²) in [6.45, 7) is 6.20. The molecule has 2 amide bonds. The third-order valence-electron chi connectivity index (χ3n) is 4.84. The average Bonchev–Trinajstić information content (AvgIpc) is 2.71. The quantitative estimate of drug-likeness (QED) is 0.668. The van der Waals surface area contributed by atoms with E-state index >= 15 is 0 Å². The lowest BCUT2D eigenvalue weighted by atomic mass is 10.0. The number of nitrogens with zero attached hydrogens (tertiary/aromatic N) is 1. The molecule has 0 heterocycles. The van der Waals surface area contributed by atoms with Crippen molar-refractivity contribution in [2.75, 3.05) is 0 Å². The van der Waals surface area contributed by atoms with E-state index in [0.717, 1.165) is 17.5 Å². The Bertz CT molecular complexity index is 762.